The van der Waals surface area contributed by atoms with Crippen molar-refractivity contribution < 1.29 is 0 Å². The smallest absolute Gasteiger partial charge is 0.0853 e. The van der Waals surface area contributed by atoms with E-state index in [1.807, 2.05) is 36.4 Å². The van der Waals surface area contributed by atoms with Crippen molar-refractivity contribution in [2.75, 3.05) is 11.9 Å². The largest absolute Gasteiger partial charge is 0.380 e. The van der Waals surface area contributed by atoms with Crippen molar-refractivity contribution in [3.05, 3.63) is 60.7 Å². The topological polar surface area (TPSA) is 24.4 Å². The maximum Gasteiger partial charge on any atom is 0.0853 e. The Bertz CT molecular complexity index is 442. The summed E-state index contributed by atoms with van der Waals surface area (Å²) in [5.41, 5.74) is 3.12. The van der Waals surface area contributed by atoms with Crippen molar-refractivity contribution in [1.29, 1.82) is 0 Å². The second-order valence-electron chi connectivity index (χ2n) is 3.66. The minimum absolute atomic E-state index is 0.786. The van der Waals surface area contributed by atoms with Gasteiger partial charge in [-0.25, -0.2) is 0 Å². The quantitative estimate of drug-likeness (QED) is 0.572. The lowest BCUT2D eigenvalue weighted by Gasteiger charge is -2.08. The number of allylic oxidation sites excluding steroid dienone is 4. The molecule has 0 aromatic heterocycles. The zero-order chi connectivity index (χ0) is 12.5. The third-order valence-corrected chi connectivity index (χ3v) is 2.26. The highest BCUT2D eigenvalue weighted by molar-refractivity contribution is 5.67. The van der Waals surface area contributed by atoms with Crippen molar-refractivity contribution in [2.24, 2.45) is 4.99 Å². The number of nitrogens with one attached hydrogen (secondary N) is 1. The molecule has 1 aromatic carbocycles. The van der Waals surface area contributed by atoms with Crippen LogP contribution in [0.1, 0.15) is 6.92 Å². The molecule has 0 aliphatic heterocycles. The Labute approximate surface area is 103 Å². The van der Waals surface area contributed by atoms with Crippen LogP contribution in [0.2, 0.25) is 0 Å². The summed E-state index contributed by atoms with van der Waals surface area (Å²) in [6, 6.07) is 7.86. The van der Waals surface area contributed by atoms with Gasteiger partial charge in [0, 0.05) is 6.54 Å². The minimum atomic E-state index is 0.786. The van der Waals surface area contributed by atoms with Gasteiger partial charge in [-0.3, -0.25) is 4.99 Å². The summed E-state index contributed by atoms with van der Waals surface area (Å²) < 4.78 is 0. The molecule has 0 heterocycles. The highest BCUT2D eigenvalue weighted by Gasteiger charge is 1.97. The molecule has 0 fully saturated rings. The molecule has 0 bridgehead atoms. The van der Waals surface area contributed by atoms with E-state index < -0.39 is 0 Å². The van der Waals surface area contributed by atoms with Gasteiger partial charge in [-0.2, -0.15) is 0 Å². The van der Waals surface area contributed by atoms with E-state index in [1.165, 1.54) is 5.57 Å². The molecule has 0 atom stereocenters. The van der Waals surface area contributed by atoms with E-state index in [1.54, 1.807) is 6.08 Å². The molecule has 0 amide bonds. The number of anilines is 1. The summed E-state index contributed by atoms with van der Waals surface area (Å²) >= 11 is 0. The van der Waals surface area contributed by atoms with Gasteiger partial charge in [0.25, 0.3) is 0 Å². The molecule has 0 saturated carbocycles. The monoisotopic (exact) mass is 226 g/mol. The van der Waals surface area contributed by atoms with Crippen LogP contribution in [0.25, 0.3) is 0 Å². The van der Waals surface area contributed by atoms with Gasteiger partial charge in [-0.1, -0.05) is 48.6 Å². The van der Waals surface area contributed by atoms with Crippen LogP contribution in [0, 0.1) is 0 Å². The third kappa shape index (κ3) is 4.51. The number of para-hydroxylation sites is 2. The molecule has 1 N–H and O–H groups in total. The first-order valence-electron chi connectivity index (χ1n) is 5.52. The van der Waals surface area contributed by atoms with E-state index in [2.05, 4.69) is 36.6 Å². The van der Waals surface area contributed by atoms with Crippen LogP contribution in [0.15, 0.2) is 65.7 Å². The maximum absolute atomic E-state index is 3.96. The molecule has 1 rings (SSSR count). The van der Waals surface area contributed by atoms with Crippen LogP contribution in [0.5, 0.6) is 0 Å². The molecular weight excluding hydrogens is 208 g/mol. The molecule has 88 valence electrons. The van der Waals surface area contributed by atoms with Crippen molar-refractivity contribution in [1.82, 2.24) is 0 Å². The zero-order valence-corrected chi connectivity index (χ0v) is 10.2. The lowest BCUT2D eigenvalue weighted by Crippen LogP contribution is -2.02. The second kappa shape index (κ2) is 7.23. The first kappa shape index (κ1) is 13.0. The SMILES string of the molecule is C=C/C=C\C=C(/C)CNc1ccccc1N=C. The van der Waals surface area contributed by atoms with E-state index >= 15 is 0 Å². The number of aliphatic imine (C=N–C) groups is 1. The minimum Gasteiger partial charge on any atom is -0.380 e. The fourth-order valence-electron chi connectivity index (χ4n) is 1.35. The summed E-state index contributed by atoms with van der Waals surface area (Å²) in [6.45, 7) is 10.0. The lowest BCUT2D eigenvalue weighted by molar-refractivity contribution is 1.20. The van der Waals surface area contributed by atoms with Gasteiger partial charge in [0.05, 0.1) is 11.4 Å². The molecule has 0 aliphatic carbocycles. The zero-order valence-electron chi connectivity index (χ0n) is 10.2. The fraction of sp³-hybridized carbons (Fsp3) is 0.133. The Morgan fingerprint density at radius 2 is 2.12 bits per heavy atom. The average molecular weight is 226 g/mol. The Morgan fingerprint density at radius 3 is 2.82 bits per heavy atom. The summed E-state index contributed by atoms with van der Waals surface area (Å²) in [6.07, 6.45) is 7.69. The average Bonchev–Trinajstić information content (AvgIpc) is 2.37. The predicted molar refractivity (Wildman–Crippen MR) is 77.2 cm³/mol. The van der Waals surface area contributed by atoms with Crippen LogP contribution in [-0.4, -0.2) is 13.3 Å². The normalized spacial score (nSPS) is 11.5. The van der Waals surface area contributed by atoms with Gasteiger partial charge < -0.3 is 5.32 Å². The summed E-state index contributed by atoms with van der Waals surface area (Å²) in [7, 11) is 0. The van der Waals surface area contributed by atoms with Crippen molar-refractivity contribution >= 4 is 18.1 Å². The van der Waals surface area contributed by atoms with Gasteiger partial charge in [0.2, 0.25) is 0 Å². The summed E-state index contributed by atoms with van der Waals surface area (Å²) in [4.78, 5) is 3.96. The predicted octanol–water partition coefficient (Wildman–Crippen LogP) is 4.12. The van der Waals surface area contributed by atoms with E-state index in [9.17, 15) is 0 Å². The molecular formula is C15H18N2. The molecule has 0 spiro atoms. The van der Waals surface area contributed by atoms with Crippen molar-refractivity contribution in [2.45, 2.75) is 6.92 Å². The first-order chi connectivity index (χ1) is 8.27. The van der Waals surface area contributed by atoms with Gasteiger partial charge >= 0.3 is 0 Å². The molecule has 2 nitrogen and oxygen atoms in total. The third-order valence-electron chi connectivity index (χ3n) is 2.26. The van der Waals surface area contributed by atoms with Gasteiger partial charge in [-0.05, 0) is 25.8 Å². The van der Waals surface area contributed by atoms with E-state index in [0.29, 0.717) is 0 Å². The van der Waals surface area contributed by atoms with E-state index in [-0.39, 0.29) is 0 Å². The molecule has 17 heavy (non-hydrogen) atoms. The second-order valence-corrected chi connectivity index (χ2v) is 3.66. The summed E-state index contributed by atoms with van der Waals surface area (Å²) in [5.74, 6) is 0. The standard InChI is InChI=1S/C15H18N2/c1-4-5-6-9-13(2)12-17-15-11-8-7-10-14(15)16-3/h4-11,17H,1,3,12H2,2H3/b6-5-,13-9+. The highest BCUT2D eigenvalue weighted by Crippen LogP contribution is 2.23. The van der Waals surface area contributed by atoms with Gasteiger partial charge in [-0.15, -0.1) is 0 Å². The number of rotatable bonds is 6. The van der Waals surface area contributed by atoms with Crippen LogP contribution < -0.4 is 5.32 Å². The Morgan fingerprint density at radius 1 is 1.35 bits per heavy atom. The Balaban J connectivity index is 2.61. The van der Waals surface area contributed by atoms with Gasteiger partial charge in [0.15, 0.2) is 0 Å². The van der Waals surface area contributed by atoms with Crippen LogP contribution >= 0.6 is 0 Å². The highest BCUT2D eigenvalue weighted by atomic mass is 14.9. The fourth-order valence-corrected chi connectivity index (χ4v) is 1.35. The number of nitrogens with zero attached hydrogens (tertiary/aromatic N) is 1. The van der Waals surface area contributed by atoms with Crippen molar-refractivity contribution in [3.63, 3.8) is 0 Å². The van der Waals surface area contributed by atoms with Crippen LogP contribution in [-0.2, 0) is 0 Å². The van der Waals surface area contributed by atoms with Gasteiger partial charge in [0.1, 0.15) is 0 Å². The number of benzene rings is 1. The van der Waals surface area contributed by atoms with Crippen molar-refractivity contribution in [3.8, 4) is 0 Å². The molecule has 0 saturated heterocycles. The lowest BCUT2D eigenvalue weighted by atomic mass is 10.2. The molecule has 0 aliphatic rings. The van der Waals surface area contributed by atoms with Crippen LogP contribution in [0.3, 0.4) is 0 Å². The number of hydrogen-bond donors (Lipinski definition) is 1. The molecule has 0 unspecified atom stereocenters. The Hall–Kier alpha value is -2.09. The number of hydrogen-bond acceptors (Lipinski definition) is 2. The van der Waals surface area contributed by atoms with Crippen LogP contribution in [0.4, 0.5) is 11.4 Å². The Kier molecular flexibility index (Phi) is 5.52. The summed E-state index contributed by atoms with van der Waals surface area (Å²) in [5, 5.41) is 3.33. The molecule has 2 heteroatoms. The maximum atomic E-state index is 3.96. The first-order valence-corrected chi connectivity index (χ1v) is 5.52. The van der Waals surface area contributed by atoms with E-state index in [0.717, 1.165) is 17.9 Å². The molecule has 0 radical (unpaired) electrons. The molecule has 1 aromatic rings. The van der Waals surface area contributed by atoms with E-state index in [4.69, 9.17) is 0 Å².